The maximum Gasteiger partial charge on any atom is 0.221 e. The highest BCUT2D eigenvalue weighted by molar-refractivity contribution is 5.86. The third-order valence-corrected chi connectivity index (χ3v) is 3.46. The first kappa shape index (κ1) is 14.5. The summed E-state index contributed by atoms with van der Waals surface area (Å²) in [6, 6.07) is 14.3. The second kappa shape index (κ2) is 7.06. The quantitative estimate of drug-likeness (QED) is 0.848. The van der Waals surface area contributed by atoms with Crippen molar-refractivity contribution in [2.75, 3.05) is 0 Å². The predicted molar refractivity (Wildman–Crippen MR) is 83.3 cm³/mol. The second-order valence-electron chi connectivity index (χ2n) is 5.17. The number of amides is 1. The number of benzene rings is 2. The van der Waals surface area contributed by atoms with E-state index < -0.39 is 0 Å². The Balaban J connectivity index is 1.97. The van der Waals surface area contributed by atoms with Crippen molar-refractivity contribution in [1.82, 2.24) is 5.32 Å². The zero-order valence-corrected chi connectivity index (χ0v) is 11.9. The van der Waals surface area contributed by atoms with Gasteiger partial charge in [-0.2, -0.15) is 0 Å². The van der Waals surface area contributed by atoms with Crippen LogP contribution in [0.15, 0.2) is 42.5 Å². The van der Waals surface area contributed by atoms with Gasteiger partial charge in [-0.05, 0) is 22.8 Å². The van der Waals surface area contributed by atoms with Crippen LogP contribution in [0.4, 0.5) is 0 Å². The summed E-state index contributed by atoms with van der Waals surface area (Å²) in [6.45, 7) is 2.63. The minimum atomic E-state index is -0.0347. The lowest BCUT2D eigenvalue weighted by molar-refractivity contribution is -0.121. The SMILES string of the molecule is CCCC(N)CC(=O)NCc1cccc2ccccc12. The Labute approximate surface area is 120 Å². The van der Waals surface area contributed by atoms with Crippen LogP contribution in [-0.2, 0) is 11.3 Å². The number of hydrogen-bond donors (Lipinski definition) is 2. The molecule has 0 radical (unpaired) electrons. The van der Waals surface area contributed by atoms with Crippen molar-refractivity contribution in [1.29, 1.82) is 0 Å². The molecule has 106 valence electrons. The van der Waals surface area contributed by atoms with Crippen molar-refractivity contribution in [2.24, 2.45) is 5.73 Å². The Morgan fingerprint density at radius 2 is 1.95 bits per heavy atom. The Morgan fingerprint density at radius 3 is 2.75 bits per heavy atom. The molecule has 2 aromatic carbocycles. The van der Waals surface area contributed by atoms with Gasteiger partial charge in [0, 0.05) is 19.0 Å². The van der Waals surface area contributed by atoms with E-state index in [1.165, 1.54) is 10.8 Å². The molecule has 0 aliphatic heterocycles. The van der Waals surface area contributed by atoms with Crippen molar-refractivity contribution in [3.05, 3.63) is 48.0 Å². The first-order valence-corrected chi connectivity index (χ1v) is 7.19. The molecule has 2 aromatic rings. The molecule has 0 aromatic heterocycles. The summed E-state index contributed by atoms with van der Waals surface area (Å²) in [5.74, 6) is 0.0267. The van der Waals surface area contributed by atoms with E-state index in [9.17, 15) is 4.79 Å². The van der Waals surface area contributed by atoms with E-state index in [0.29, 0.717) is 13.0 Å². The van der Waals surface area contributed by atoms with Crippen LogP contribution in [0.5, 0.6) is 0 Å². The van der Waals surface area contributed by atoms with Crippen LogP contribution in [0, 0.1) is 0 Å². The highest BCUT2D eigenvalue weighted by atomic mass is 16.1. The molecule has 0 fully saturated rings. The van der Waals surface area contributed by atoms with Crippen LogP contribution in [0.1, 0.15) is 31.7 Å². The summed E-state index contributed by atoms with van der Waals surface area (Å²) in [4.78, 5) is 11.8. The van der Waals surface area contributed by atoms with Gasteiger partial charge in [-0.3, -0.25) is 4.79 Å². The zero-order valence-electron chi connectivity index (χ0n) is 11.9. The van der Waals surface area contributed by atoms with Gasteiger partial charge in [0.15, 0.2) is 0 Å². The van der Waals surface area contributed by atoms with Crippen LogP contribution >= 0.6 is 0 Å². The molecule has 0 saturated carbocycles. The van der Waals surface area contributed by atoms with Gasteiger partial charge in [-0.1, -0.05) is 55.8 Å². The molecule has 1 atom stereocenters. The van der Waals surface area contributed by atoms with Crippen molar-refractivity contribution >= 4 is 16.7 Å². The van der Waals surface area contributed by atoms with E-state index in [-0.39, 0.29) is 11.9 Å². The summed E-state index contributed by atoms with van der Waals surface area (Å²) in [5.41, 5.74) is 7.02. The van der Waals surface area contributed by atoms with Crippen LogP contribution in [-0.4, -0.2) is 11.9 Å². The summed E-state index contributed by atoms with van der Waals surface area (Å²) in [5, 5.41) is 5.35. The maximum atomic E-state index is 11.8. The van der Waals surface area contributed by atoms with Crippen LogP contribution in [0.2, 0.25) is 0 Å². The Hall–Kier alpha value is -1.87. The number of nitrogens with two attached hydrogens (primary N) is 1. The molecule has 0 aliphatic rings. The van der Waals surface area contributed by atoms with E-state index in [1.54, 1.807) is 0 Å². The van der Waals surface area contributed by atoms with Gasteiger partial charge in [0.25, 0.3) is 0 Å². The minimum absolute atomic E-state index is 0.0267. The molecule has 20 heavy (non-hydrogen) atoms. The number of carbonyl (C=O) groups is 1. The van der Waals surface area contributed by atoms with E-state index in [0.717, 1.165) is 18.4 Å². The smallest absolute Gasteiger partial charge is 0.221 e. The highest BCUT2D eigenvalue weighted by Gasteiger charge is 2.09. The monoisotopic (exact) mass is 270 g/mol. The van der Waals surface area contributed by atoms with Crippen LogP contribution in [0.25, 0.3) is 10.8 Å². The summed E-state index contributed by atoms with van der Waals surface area (Å²) in [7, 11) is 0. The molecule has 0 spiro atoms. The Morgan fingerprint density at radius 1 is 1.20 bits per heavy atom. The fraction of sp³-hybridized carbons (Fsp3) is 0.353. The molecule has 0 heterocycles. The zero-order chi connectivity index (χ0) is 14.4. The van der Waals surface area contributed by atoms with Crippen molar-refractivity contribution in [3.63, 3.8) is 0 Å². The fourth-order valence-electron chi connectivity index (χ4n) is 2.42. The van der Waals surface area contributed by atoms with Gasteiger partial charge >= 0.3 is 0 Å². The van der Waals surface area contributed by atoms with Crippen LogP contribution in [0.3, 0.4) is 0 Å². The number of nitrogens with one attached hydrogen (secondary N) is 1. The van der Waals surface area contributed by atoms with Gasteiger partial charge < -0.3 is 11.1 Å². The largest absolute Gasteiger partial charge is 0.352 e. The molecule has 3 heteroatoms. The van der Waals surface area contributed by atoms with Gasteiger partial charge in [0.05, 0.1) is 0 Å². The third kappa shape index (κ3) is 3.81. The standard InChI is InChI=1S/C17H22N2O/c1-2-6-15(18)11-17(20)19-12-14-9-5-8-13-7-3-4-10-16(13)14/h3-5,7-10,15H,2,6,11-12,18H2,1H3,(H,19,20). The predicted octanol–water partition coefficient (Wildman–Crippen LogP) is 2.97. The molecule has 0 aliphatic carbocycles. The van der Waals surface area contributed by atoms with E-state index in [2.05, 4.69) is 36.5 Å². The molecule has 3 nitrogen and oxygen atoms in total. The van der Waals surface area contributed by atoms with Crippen molar-refractivity contribution in [3.8, 4) is 0 Å². The van der Waals surface area contributed by atoms with E-state index in [1.807, 2.05) is 18.2 Å². The lowest BCUT2D eigenvalue weighted by Crippen LogP contribution is -2.31. The minimum Gasteiger partial charge on any atom is -0.352 e. The maximum absolute atomic E-state index is 11.8. The Kier molecular flexibility index (Phi) is 5.13. The first-order valence-electron chi connectivity index (χ1n) is 7.19. The number of rotatable bonds is 6. The van der Waals surface area contributed by atoms with Crippen molar-refractivity contribution in [2.45, 2.75) is 38.8 Å². The lowest BCUT2D eigenvalue weighted by Gasteiger charge is -2.11. The number of hydrogen-bond acceptors (Lipinski definition) is 2. The Bertz CT molecular complexity index is 575. The van der Waals surface area contributed by atoms with Gasteiger partial charge in [-0.15, -0.1) is 0 Å². The summed E-state index contributed by atoms with van der Waals surface area (Å²) >= 11 is 0. The molecule has 2 rings (SSSR count). The van der Waals surface area contributed by atoms with Gasteiger partial charge in [-0.25, -0.2) is 0 Å². The molecule has 1 amide bonds. The summed E-state index contributed by atoms with van der Waals surface area (Å²) < 4.78 is 0. The molecular formula is C17H22N2O. The molecular weight excluding hydrogens is 248 g/mol. The van der Waals surface area contributed by atoms with Crippen molar-refractivity contribution < 1.29 is 4.79 Å². The number of fused-ring (bicyclic) bond motifs is 1. The lowest BCUT2D eigenvalue weighted by atomic mass is 10.0. The first-order chi connectivity index (χ1) is 9.70. The van der Waals surface area contributed by atoms with E-state index >= 15 is 0 Å². The fourth-order valence-corrected chi connectivity index (χ4v) is 2.42. The van der Waals surface area contributed by atoms with Gasteiger partial charge in [0.2, 0.25) is 5.91 Å². The topological polar surface area (TPSA) is 55.1 Å². The average Bonchev–Trinajstić information content (AvgIpc) is 2.45. The average molecular weight is 270 g/mol. The molecule has 3 N–H and O–H groups in total. The van der Waals surface area contributed by atoms with Gasteiger partial charge in [0.1, 0.15) is 0 Å². The summed E-state index contributed by atoms with van der Waals surface area (Å²) in [6.07, 6.45) is 2.30. The highest BCUT2D eigenvalue weighted by Crippen LogP contribution is 2.18. The third-order valence-electron chi connectivity index (χ3n) is 3.46. The second-order valence-corrected chi connectivity index (χ2v) is 5.17. The van der Waals surface area contributed by atoms with Crippen LogP contribution < -0.4 is 11.1 Å². The normalized spacial score (nSPS) is 12.3. The molecule has 0 bridgehead atoms. The molecule has 1 unspecified atom stereocenters. The molecule has 0 saturated heterocycles. The number of carbonyl (C=O) groups excluding carboxylic acids is 1. The van der Waals surface area contributed by atoms with E-state index in [4.69, 9.17) is 5.73 Å².